The van der Waals surface area contributed by atoms with Crippen molar-refractivity contribution in [1.82, 2.24) is 15.0 Å². The summed E-state index contributed by atoms with van der Waals surface area (Å²) in [4.78, 5) is 19.2. The van der Waals surface area contributed by atoms with E-state index in [9.17, 15) is 4.79 Å². The molecule has 1 aliphatic heterocycles. The first-order chi connectivity index (χ1) is 12.6. The first kappa shape index (κ1) is 16.8. The highest BCUT2D eigenvalue weighted by Crippen LogP contribution is 2.29. The van der Waals surface area contributed by atoms with Gasteiger partial charge in [0.05, 0.1) is 11.6 Å². The van der Waals surface area contributed by atoms with Crippen molar-refractivity contribution < 1.29 is 13.7 Å². The van der Waals surface area contributed by atoms with E-state index in [1.807, 2.05) is 43.0 Å². The minimum atomic E-state index is 0.166. The number of rotatable bonds is 4. The number of aromatic nitrogens is 2. The minimum Gasteiger partial charge on any atom is -0.440 e. The van der Waals surface area contributed by atoms with E-state index < -0.39 is 0 Å². The molecule has 0 N–H and O–H groups in total. The topological polar surface area (TPSA) is 72.4 Å². The van der Waals surface area contributed by atoms with Crippen LogP contribution in [0.4, 0.5) is 0 Å². The number of likely N-dealkylation sites (tertiary alicyclic amines) is 1. The molecule has 136 valence electrons. The Kier molecular flexibility index (Phi) is 4.49. The highest BCUT2D eigenvalue weighted by Gasteiger charge is 2.28. The maximum Gasteiger partial charge on any atom is 0.222 e. The van der Waals surface area contributed by atoms with E-state index in [0.29, 0.717) is 19.4 Å². The molecule has 0 spiro atoms. The van der Waals surface area contributed by atoms with Crippen LogP contribution in [-0.2, 0) is 11.2 Å². The lowest BCUT2D eigenvalue weighted by atomic mass is 9.97. The van der Waals surface area contributed by atoms with E-state index in [1.54, 1.807) is 0 Å². The summed E-state index contributed by atoms with van der Waals surface area (Å²) in [5.74, 6) is 1.89. The van der Waals surface area contributed by atoms with Gasteiger partial charge in [-0.25, -0.2) is 4.98 Å². The van der Waals surface area contributed by atoms with Crippen molar-refractivity contribution in [3.63, 3.8) is 0 Å². The molecule has 6 nitrogen and oxygen atoms in total. The zero-order valence-corrected chi connectivity index (χ0v) is 15.2. The number of hydrogen-bond donors (Lipinski definition) is 0. The highest BCUT2D eigenvalue weighted by atomic mass is 16.5. The summed E-state index contributed by atoms with van der Waals surface area (Å²) in [6, 6.07) is 7.79. The van der Waals surface area contributed by atoms with Crippen molar-refractivity contribution in [3.05, 3.63) is 47.2 Å². The molecule has 26 heavy (non-hydrogen) atoms. The maximum atomic E-state index is 12.7. The van der Waals surface area contributed by atoms with Crippen LogP contribution in [0.15, 0.2) is 33.2 Å². The summed E-state index contributed by atoms with van der Waals surface area (Å²) in [6.07, 6.45) is 3.12. The van der Waals surface area contributed by atoms with Gasteiger partial charge in [-0.1, -0.05) is 17.3 Å². The van der Waals surface area contributed by atoms with Crippen LogP contribution in [0.5, 0.6) is 0 Å². The van der Waals surface area contributed by atoms with Gasteiger partial charge in [-0.3, -0.25) is 4.79 Å². The number of para-hydroxylation sites is 2. The second kappa shape index (κ2) is 6.94. The monoisotopic (exact) mass is 353 g/mol. The van der Waals surface area contributed by atoms with Crippen LogP contribution in [0, 0.1) is 13.8 Å². The standard InChI is InChI=1S/C20H23N3O3/c1-13-16(14(2)26-22-13)9-10-19(24)23-11-5-6-15(12-23)20-21-17-7-3-4-8-18(17)25-20/h3-4,7-8,15H,5-6,9-12H2,1-2H3. The number of oxazole rings is 1. The van der Waals surface area contributed by atoms with Crippen LogP contribution in [0.3, 0.4) is 0 Å². The Hall–Kier alpha value is -2.63. The maximum absolute atomic E-state index is 12.7. The molecule has 1 unspecified atom stereocenters. The molecule has 3 heterocycles. The van der Waals surface area contributed by atoms with Crippen LogP contribution >= 0.6 is 0 Å². The van der Waals surface area contributed by atoms with Gasteiger partial charge in [0.2, 0.25) is 5.91 Å². The summed E-state index contributed by atoms with van der Waals surface area (Å²) in [7, 11) is 0. The average molecular weight is 353 g/mol. The van der Waals surface area contributed by atoms with Crippen LogP contribution in [-0.4, -0.2) is 34.0 Å². The van der Waals surface area contributed by atoms with Crippen molar-refractivity contribution >= 4 is 17.0 Å². The average Bonchev–Trinajstić information content (AvgIpc) is 3.23. The van der Waals surface area contributed by atoms with E-state index in [2.05, 4.69) is 10.1 Å². The Labute approximate surface area is 152 Å². The first-order valence-corrected chi connectivity index (χ1v) is 9.17. The van der Waals surface area contributed by atoms with Gasteiger partial charge in [0.15, 0.2) is 11.5 Å². The number of fused-ring (bicyclic) bond motifs is 1. The highest BCUT2D eigenvalue weighted by molar-refractivity contribution is 5.77. The van der Waals surface area contributed by atoms with Crippen molar-refractivity contribution in [1.29, 1.82) is 0 Å². The Morgan fingerprint density at radius 1 is 1.31 bits per heavy atom. The van der Waals surface area contributed by atoms with E-state index in [-0.39, 0.29) is 11.8 Å². The molecule has 0 aliphatic carbocycles. The third-order valence-electron chi connectivity index (χ3n) is 5.20. The van der Waals surface area contributed by atoms with Crippen LogP contribution < -0.4 is 0 Å². The molecule has 1 fully saturated rings. The lowest BCUT2D eigenvalue weighted by Gasteiger charge is -2.31. The predicted molar refractivity (Wildman–Crippen MR) is 96.9 cm³/mol. The molecule has 1 amide bonds. The zero-order chi connectivity index (χ0) is 18.1. The molecule has 0 saturated carbocycles. The molecule has 3 aromatic rings. The summed E-state index contributed by atoms with van der Waals surface area (Å²) >= 11 is 0. The lowest BCUT2D eigenvalue weighted by molar-refractivity contribution is -0.132. The normalized spacial score (nSPS) is 17.8. The smallest absolute Gasteiger partial charge is 0.222 e. The van der Waals surface area contributed by atoms with Crippen molar-refractivity contribution in [2.75, 3.05) is 13.1 Å². The summed E-state index contributed by atoms with van der Waals surface area (Å²) in [5, 5.41) is 3.96. The number of carbonyl (C=O) groups excluding carboxylic acids is 1. The molecular formula is C20H23N3O3. The van der Waals surface area contributed by atoms with Crippen LogP contribution in [0.2, 0.25) is 0 Å². The number of amides is 1. The largest absolute Gasteiger partial charge is 0.440 e. The van der Waals surface area contributed by atoms with Gasteiger partial charge in [0, 0.05) is 25.1 Å². The Bertz CT molecular complexity index is 875. The quantitative estimate of drug-likeness (QED) is 0.714. The molecule has 1 atom stereocenters. The van der Waals surface area contributed by atoms with Crippen LogP contribution in [0.25, 0.3) is 11.1 Å². The molecule has 2 aromatic heterocycles. The van der Waals surface area contributed by atoms with E-state index in [1.165, 1.54) is 0 Å². The molecule has 1 aromatic carbocycles. The fraction of sp³-hybridized carbons (Fsp3) is 0.450. The predicted octanol–water partition coefficient (Wildman–Crippen LogP) is 3.77. The second-order valence-electron chi connectivity index (χ2n) is 7.00. The van der Waals surface area contributed by atoms with E-state index in [4.69, 9.17) is 8.94 Å². The van der Waals surface area contributed by atoms with Crippen LogP contribution in [0.1, 0.15) is 48.1 Å². The molecule has 6 heteroatoms. The van der Waals surface area contributed by atoms with Crippen molar-refractivity contribution in [2.45, 2.75) is 45.4 Å². The Morgan fingerprint density at radius 2 is 2.15 bits per heavy atom. The van der Waals surface area contributed by atoms with Gasteiger partial charge in [0.1, 0.15) is 11.3 Å². The number of carbonyl (C=O) groups is 1. The summed E-state index contributed by atoms with van der Waals surface area (Å²) in [6.45, 7) is 5.29. The van der Waals surface area contributed by atoms with Gasteiger partial charge in [-0.2, -0.15) is 0 Å². The van der Waals surface area contributed by atoms with Gasteiger partial charge >= 0.3 is 0 Å². The zero-order valence-electron chi connectivity index (χ0n) is 15.2. The molecule has 1 saturated heterocycles. The second-order valence-corrected chi connectivity index (χ2v) is 7.00. The lowest BCUT2D eigenvalue weighted by Crippen LogP contribution is -2.39. The molecular weight excluding hydrogens is 330 g/mol. The van der Waals surface area contributed by atoms with E-state index in [0.717, 1.165) is 53.4 Å². The number of nitrogens with zero attached hydrogens (tertiary/aromatic N) is 3. The van der Waals surface area contributed by atoms with Crippen molar-refractivity contribution in [3.8, 4) is 0 Å². The minimum absolute atomic E-state index is 0.166. The third-order valence-corrected chi connectivity index (χ3v) is 5.20. The number of piperidine rings is 1. The van der Waals surface area contributed by atoms with Gasteiger partial charge < -0.3 is 13.8 Å². The van der Waals surface area contributed by atoms with Gasteiger partial charge in [0.25, 0.3) is 0 Å². The van der Waals surface area contributed by atoms with Crippen molar-refractivity contribution in [2.24, 2.45) is 0 Å². The van der Waals surface area contributed by atoms with E-state index >= 15 is 0 Å². The molecule has 0 bridgehead atoms. The van der Waals surface area contributed by atoms with Gasteiger partial charge in [-0.15, -0.1) is 0 Å². The number of aryl methyl sites for hydroxylation is 2. The van der Waals surface area contributed by atoms with Gasteiger partial charge in [-0.05, 0) is 45.2 Å². The fourth-order valence-corrected chi connectivity index (χ4v) is 3.72. The number of hydrogen-bond acceptors (Lipinski definition) is 5. The molecule has 0 radical (unpaired) electrons. The summed E-state index contributed by atoms with van der Waals surface area (Å²) < 4.78 is 11.1. The Morgan fingerprint density at radius 3 is 2.92 bits per heavy atom. The fourth-order valence-electron chi connectivity index (χ4n) is 3.72. The SMILES string of the molecule is Cc1noc(C)c1CCC(=O)N1CCCC(c2nc3ccccc3o2)C1. The molecule has 1 aliphatic rings. The molecule has 4 rings (SSSR count). The summed E-state index contributed by atoms with van der Waals surface area (Å²) in [5.41, 5.74) is 3.61. The third kappa shape index (κ3) is 3.23. The Balaban J connectivity index is 1.42. The number of benzene rings is 1. The first-order valence-electron chi connectivity index (χ1n) is 9.17.